The number of amides is 1. The van der Waals surface area contributed by atoms with E-state index in [9.17, 15) is 9.59 Å². The molecule has 1 fully saturated rings. The molecule has 1 saturated heterocycles. The topological polar surface area (TPSA) is 93.8 Å². The molecule has 9 heteroatoms. The van der Waals surface area contributed by atoms with Crippen LogP contribution in [0.3, 0.4) is 0 Å². The number of nitrogens with zero attached hydrogens (tertiary/aromatic N) is 5. The summed E-state index contributed by atoms with van der Waals surface area (Å²) in [6.45, 7) is 7.38. The zero-order chi connectivity index (χ0) is 24.5. The summed E-state index contributed by atoms with van der Waals surface area (Å²) in [6.07, 6.45) is 1.43. The molecule has 1 aromatic carbocycles. The summed E-state index contributed by atoms with van der Waals surface area (Å²) in [5, 5.41) is 12.6. The number of piperazine rings is 1. The van der Waals surface area contributed by atoms with E-state index in [2.05, 4.69) is 10.4 Å². The van der Waals surface area contributed by atoms with Gasteiger partial charge in [-0.3, -0.25) is 9.59 Å². The molecule has 1 aliphatic rings. The molecule has 4 heterocycles. The minimum Gasteiger partial charge on any atom is -0.471 e. The molecule has 1 unspecified atom stereocenters. The lowest BCUT2D eigenvalue weighted by Gasteiger charge is -2.32. The molecule has 9 nitrogen and oxygen atoms in total. The van der Waals surface area contributed by atoms with Crippen molar-refractivity contribution in [2.75, 3.05) is 19.6 Å². The van der Waals surface area contributed by atoms with E-state index < -0.39 is 6.23 Å². The molecule has 0 saturated carbocycles. The average molecular weight is 473 g/mol. The van der Waals surface area contributed by atoms with Gasteiger partial charge in [0.05, 0.1) is 29.4 Å². The average Bonchev–Trinajstić information content (AvgIpc) is 3.24. The van der Waals surface area contributed by atoms with Gasteiger partial charge in [0.15, 0.2) is 6.23 Å². The highest BCUT2D eigenvalue weighted by Gasteiger charge is 2.25. The number of benzene rings is 1. The first-order valence-corrected chi connectivity index (χ1v) is 11.8. The van der Waals surface area contributed by atoms with Crippen LogP contribution in [0.1, 0.15) is 26.8 Å². The van der Waals surface area contributed by atoms with Crippen LogP contribution in [0.2, 0.25) is 0 Å². The monoisotopic (exact) mass is 472 g/mol. The summed E-state index contributed by atoms with van der Waals surface area (Å²) in [4.78, 5) is 26.4. The quantitative estimate of drug-likeness (QED) is 0.464. The van der Waals surface area contributed by atoms with Gasteiger partial charge in [0.2, 0.25) is 5.91 Å². The Morgan fingerprint density at radius 3 is 2.54 bits per heavy atom. The molecular formula is C26H28N6O3. The highest BCUT2D eigenvalue weighted by Crippen LogP contribution is 2.35. The standard InChI is InChI=1S/C26H28N6O3/c1-17(2)32-23(33)10-9-21(28-32)25-22-15-20(35-18(3)30-14-12-27-16-24(30)34)11-13-31(22)29-26(25)19-7-5-4-6-8-19/h4-11,13,15,17-18,27H,12,14,16H2,1-3H3. The van der Waals surface area contributed by atoms with Crippen molar-refractivity contribution in [3.63, 3.8) is 0 Å². The van der Waals surface area contributed by atoms with E-state index in [1.807, 2.05) is 69.4 Å². The molecule has 4 aromatic rings. The molecule has 0 radical (unpaired) electrons. The van der Waals surface area contributed by atoms with Crippen LogP contribution in [-0.2, 0) is 4.79 Å². The maximum absolute atomic E-state index is 12.4. The normalized spacial score (nSPS) is 15.1. The van der Waals surface area contributed by atoms with Crippen LogP contribution in [0, 0.1) is 0 Å². The van der Waals surface area contributed by atoms with Gasteiger partial charge in [-0.15, -0.1) is 0 Å². The smallest absolute Gasteiger partial charge is 0.267 e. The van der Waals surface area contributed by atoms with Crippen molar-refractivity contribution in [2.45, 2.75) is 33.0 Å². The Kier molecular flexibility index (Phi) is 6.08. The van der Waals surface area contributed by atoms with E-state index >= 15 is 0 Å². The van der Waals surface area contributed by atoms with Crippen molar-refractivity contribution in [2.24, 2.45) is 0 Å². The Bertz CT molecular complexity index is 1430. The molecule has 1 aliphatic heterocycles. The number of rotatable bonds is 6. The maximum atomic E-state index is 12.4. The minimum atomic E-state index is -0.409. The van der Waals surface area contributed by atoms with Crippen LogP contribution >= 0.6 is 0 Å². The van der Waals surface area contributed by atoms with Crippen LogP contribution in [-0.4, -0.2) is 56.1 Å². The van der Waals surface area contributed by atoms with Crippen LogP contribution in [0.25, 0.3) is 28.0 Å². The fourth-order valence-electron chi connectivity index (χ4n) is 4.35. The summed E-state index contributed by atoms with van der Waals surface area (Å²) >= 11 is 0. The number of carbonyl (C=O) groups excluding carboxylic acids is 1. The first-order chi connectivity index (χ1) is 16.9. The van der Waals surface area contributed by atoms with Gasteiger partial charge >= 0.3 is 0 Å². The van der Waals surface area contributed by atoms with Gasteiger partial charge in [-0.25, -0.2) is 9.20 Å². The first-order valence-electron chi connectivity index (χ1n) is 11.8. The lowest BCUT2D eigenvalue weighted by atomic mass is 10.0. The second-order valence-electron chi connectivity index (χ2n) is 8.86. The van der Waals surface area contributed by atoms with Crippen molar-refractivity contribution in [1.29, 1.82) is 0 Å². The van der Waals surface area contributed by atoms with Gasteiger partial charge in [-0.1, -0.05) is 30.3 Å². The van der Waals surface area contributed by atoms with Crippen molar-refractivity contribution in [3.8, 4) is 28.3 Å². The van der Waals surface area contributed by atoms with E-state index in [1.54, 1.807) is 21.5 Å². The Hall–Kier alpha value is -3.98. The Labute approximate surface area is 202 Å². The highest BCUT2D eigenvalue weighted by molar-refractivity contribution is 5.91. The van der Waals surface area contributed by atoms with Gasteiger partial charge in [0.25, 0.3) is 5.56 Å². The van der Waals surface area contributed by atoms with E-state index in [0.717, 1.165) is 28.9 Å². The summed E-state index contributed by atoms with van der Waals surface area (Å²) < 4.78 is 9.45. The number of aromatic nitrogens is 4. The van der Waals surface area contributed by atoms with Crippen molar-refractivity contribution in [1.82, 2.24) is 29.6 Å². The molecule has 35 heavy (non-hydrogen) atoms. The second-order valence-corrected chi connectivity index (χ2v) is 8.86. The molecule has 180 valence electrons. The van der Waals surface area contributed by atoms with E-state index in [0.29, 0.717) is 24.5 Å². The van der Waals surface area contributed by atoms with Gasteiger partial charge in [0, 0.05) is 37.0 Å². The summed E-state index contributed by atoms with van der Waals surface area (Å²) in [7, 11) is 0. The zero-order valence-corrected chi connectivity index (χ0v) is 20.0. The van der Waals surface area contributed by atoms with Crippen LogP contribution in [0.4, 0.5) is 0 Å². The number of pyridine rings is 1. The number of ether oxygens (including phenoxy) is 1. The predicted molar refractivity (Wildman–Crippen MR) is 133 cm³/mol. The zero-order valence-electron chi connectivity index (χ0n) is 20.0. The number of carbonyl (C=O) groups is 1. The number of fused-ring (bicyclic) bond motifs is 1. The second kappa shape index (κ2) is 9.34. The first kappa shape index (κ1) is 22.8. The molecule has 0 aliphatic carbocycles. The van der Waals surface area contributed by atoms with Crippen LogP contribution in [0.15, 0.2) is 65.6 Å². The number of hydrogen-bond acceptors (Lipinski definition) is 6. The van der Waals surface area contributed by atoms with Gasteiger partial charge < -0.3 is 15.0 Å². The fraction of sp³-hybridized carbons (Fsp3) is 0.308. The van der Waals surface area contributed by atoms with E-state index in [1.165, 1.54) is 4.68 Å². The fourth-order valence-corrected chi connectivity index (χ4v) is 4.35. The number of nitrogens with one attached hydrogen (secondary N) is 1. The third kappa shape index (κ3) is 4.42. The van der Waals surface area contributed by atoms with Crippen molar-refractivity contribution >= 4 is 11.4 Å². The van der Waals surface area contributed by atoms with Crippen molar-refractivity contribution < 1.29 is 9.53 Å². The third-order valence-electron chi connectivity index (χ3n) is 6.10. The third-order valence-corrected chi connectivity index (χ3v) is 6.10. The molecular weight excluding hydrogens is 444 g/mol. The van der Waals surface area contributed by atoms with Gasteiger partial charge in [-0.05, 0) is 32.9 Å². The molecule has 1 amide bonds. The minimum absolute atomic E-state index is 0.0152. The Morgan fingerprint density at radius 1 is 1.00 bits per heavy atom. The lowest BCUT2D eigenvalue weighted by Crippen LogP contribution is -2.53. The van der Waals surface area contributed by atoms with Crippen LogP contribution in [0.5, 0.6) is 5.75 Å². The largest absolute Gasteiger partial charge is 0.471 e. The van der Waals surface area contributed by atoms with Gasteiger partial charge in [0.1, 0.15) is 11.4 Å². The molecule has 0 spiro atoms. The highest BCUT2D eigenvalue weighted by atomic mass is 16.5. The van der Waals surface area contributed by atoms with Crippen molar-refractivity contribution in [3.05, 3.63) is 71.1 Å². The van der Waals surface area contributed by atoms with E-state index in [4.69, 9.17) is 9.84 Å². The van der Waals surface area contributed by atoms with E-state index in [-0.39, 0.29) is 17.5 Å². The lowest BCUT2D eigenvalue weighted by molar-refractivity contribution is -0.139. The molecule has 0 bridgehead atoms. The Balaban J connectivity index is 1.62. The molecule has 5 rings (SSSR count). The summed E-state index contributed by atoms with van der Waals surface area (Å²) in [6, 6.07) is 16.8. The maximum Gasteiger partial charge on any atom is 0.267 e. The Morgan fingerprint density at radius 2 is 1.80 bits per heavy atom. The number of hydrogen-bond donors (Lipinski definition) is 1. The van der Waals surface area contributed by atoms with Crippen LogP contribution < -0.4 is 15.6 Å². The molecule has 1 atom stereocenters. The summed E-state index contributed by atoms with van der Waals surface area (Å²) in [5.74, 6) is 0.635. The summed E-state index contributed by atoms with van der Waals surface area (Å²) in [5.41, 5.74) is 3.80. The molecule has 3 aromatic heterocycles. The predicted octanol–water partition coefficient (Wildman–Crippen LogP) is 2.96. The van der Waals surface area contributed by atoms with Gasteiger partial charge in [-0.2, -0.15) is 10.2 Å². The molecule has 1 N–H and O–H groups in total. The SMILES string of the molecule is CC(Oc1ccn2nc(-c3ccccc3)c(-c3ccc(=O)n(C(C)C)n3)c2c1)N1CCNCC1=O.